The summed E-state index contributed by atoms with van der Waals surface area (Å²) in [5.74, 6) is 0.452. The van der Waals surface area contributed by atoms with Gasteiger partial charge in [-0.1, -0.05) is 12.1 Å². The molecule has 0 radical (unpaired) electrons. The highest BCUT2D eigenvalue weighted by molar-refractivity contribution is 6.08. The Labute approximate surface area is 201 Å². The molecule has 2 N–H and O–H groups in total. The molecular weight excluding hydrogens is 446 g/mol. The predicted octanol–water partition coefficient (Wildman–Crippen LogP) is 4.12. The molecule has 1 aromatic heterocycles. The first-order chi connectivity index (χ1) is 16.9. The van der Waals surface area contributed by atoms with Gasteiger partial charge < -0.3 is 24.7 Å². The minimum Gasteiger partial charge on any atom is -0.486 e. The summed E-state index contributed by atoms with van der Waals surface area (Å²) in [6, 6.07) is 17.1. The minimum atomic E-state index is -0.355. The van der Waals surface area contributed by atoms with Crippen LogP contribution in [0.5, 0.6) is 11.5 Å². The van der Waals surface area contributed by atoms with Gasteiger partial charge in [-0.3, -0.25) is 14.4 Å². The molecule has 0 unspecified atom stereocenters. The molecule has 35 heavy (non-hydrogen) atoms. The minimum absolute atomic E-state index is 0.141. The van der Waals surface area contributed by atoms with E-state index in [4.69, 9.17) is 9.47 Å². The summed E-state index contributed by atoms with van der Waals surface area (Å²) in [7, 11) is 1.68. The van der Waals surface area contributed by atoms with Gasteiger partial charge in [0.05, 0.1) is 0 Å². The number of aromatic nitrogens is 1. The standard InChI is InChI=1S/C27H23N3O5/c1-16-3-4-18(25(31)28-20-7-5-17-9-10-30(2)27(33)21(17)15-20)13-22(16)29-26(32)19-6-8-23-24(14-19)35-12-11-34-23/h3-10,13-15H,11-12H2,1-2H3,(H,28,31)(H,29,32). The lowest BCUT2D eigenvalue weighted by Gasteiger charge is -2.19. The average molecular weight is 469 g/mol. The molecule has 2 heterocycles. The van der Waals surface area contributed by atoms with Crippen molar-refractivity contribution in [1.29, 1.82) is 0 Å². The van der Waals surface area contributed by atoms with E-state index in [0.717, 1.165) is 10.9 Å². The Morgan fingerprint density at radius 1 is 0.829 bits per heavy atom. The molecule has 2 amide bonds. The molecule has 1 aliphatic rings. The number of pyridine rings is 1. The van der Waals surface area contributed by atoms with E-state index in [1.165, 1.54) is 4.57 Å². The smallest absolute Gasteiger partial charge is 0.258 e. The van der Waals surface area contributed by atoms with Crippen LogP contribution in [-0.4, -0.2) is 29.6 Å². The van der Waals surface area contributed by atoms with Gasteiger partial charge >= 0.3 is 0 Å². The van der Waals surface area contributed by atoms with E-state index in [-0.39, 0.29) is 17.4 Å². The second kappa shape index (κ2) is 8.98. The van der Waals surface area contributed by atoms with E-state index >= 15 is 0 Å². The van der Waals surface area contributed by atoms with Crippen molar-refractivity contribution in [1.82, 2.24) is 4.57 Å². The van der Waals surface area contributed by atoms with Gasteiger partial charge in [-0.15, -0.1) is 0 Å². The molecule has 0 saturated carbocycles. The predicted molar refractivity (Wildman–Crippen MR) is 134 cm³/mol. The largest absolute Gasteiger partial charge is 0.486 e. The number of ether oxygens (including phenoxy) is 2. The zero-order chi connectivity index (χ0) is 24.5. The summed E-state index contributed by atoms with van der Waals surface area (Å²) in [4.78, 5) is 38.2. The van der Waals surface area contributed by atoms with Crippen molar-refractivity contribution < 1.29 is 19.1 Å². The molecule has 8 nitrogen and oxygen atoms in total. The zero-order valence-electron chi connectivity index (χ0n) is 19.3. The Balaban J connectivity index is 1.35. The lowest BCUT2D eigenvalue weighted by atomic mass is 10.1. The summed E-state index contributed by atoms with van der Waals surface area (Å²) < 4.78 is 12.6. The number of fused-ring (bicyclic) bond motifs is 2. The van der Waals surface area contributed by atoms with E-state index < -0.39 is 0 Å². The molecule has 3 aromatic carbocycles. The van der Waals surface area contributed by atoms with E-state index in [9.17, 15) is 14.4 Å². The van der Waals surface area contributed by atoms with Crippen LogP contribution < -0.4 is 25.7 Å². The maximum absolute atomic E-state index is 12.9. The van der Waals surface area contributed by atoms with E-state index in [1.54, 1.807) is 67.8 Å². The van der Waals surface area contributed by atoms with Crippen molar-refractivity contribution >= 4 is 34.0 Å². The van der Waals surface area contributed by atoms with Gasteiger partial charge in [0.15, 0.2) is 11.5 Å². The van der Waals surface area contributed by atoms with Crippen molar-refractivity contribution in [3.05, 3.63) is 93.9 Å². The van der Waals surface area contributed by atoms with Crippen LogP contribution in [0.2, 0.25) is 0 Å². The molecule has 0 spiro atoms. The van der Waals surface area contributed by atoms with Crippen molar-refractivity contribution in [2.75, 3.05) is 23.8 Å². The highest BCUT2D eigenvalue weighted by Gasteiger charge is 2.17. The van der Waals surface area contributed by atoms with Crippen LogP contribution in [0.4, 0.5) is 11.4 Å². The summed E-state index contributed by atoms with van der Waals surface area (Å²) >= 11 is 0. The van der Waals surface area contributed by atoms with E-state index in [2.05, 4.69) is 10.6 Å². The third-order valence-corrected chi connectivity index (χ3v) is 5.89. The van der Waals surface area contributed by atoms with Gasteiger partial charge in [0.25, 0.3) is 17.4 Å². The number of hydrogen-bond acceptors (Lipinski definition) is 5. The second-order valence-electron chi connectivity index (χ2n) is 8.33. The fraction of sp³-hybridized carbons (Fsp3) is 0.148. The Morgan fingerprint density at radius 3 is 2.37 bits per heavy atom. The van der Waals surface area contributed by atoms with E-state index in [0.29, 0.717) is 52.6 Å². The molecule has 4 aromatic rings. The first-order valence-electron chi connectivity index (χ1n) is 11.1. The Morgan fingerprint density at radius 2 is 1.54 bits per heavy atom. The topological polar surface area (TPSA) is 98.7 Å². The van der Waals surface area contributed by atoms with Gasteiger partial charge in [-0.2, -0.15) is 0 Å². The Bertz CT molecular complexity index is 1540. The summed E-state index contributed by atoms with van der Waals surface area (Å²) in [5.41, 5.74) is 2.48. The van der Waals surface area contributed by atoms with Gasteiger partial charge in [-0.25, -0.2) is 0 Å². The number of rotatable bonds is 4. The molecule has 0 fully saturated rings. The lowest BCUT2D eigenvalue weighted by molar-refractivity contribution is 0.101. The molecule has 0 atom stereocenters. The molecule has 0 aliphatic carbocycles. The average Bonchev–Trinajstić information content (AvgIpc) is 2.87. The van der Waals surface area contributed by atoms with Gasteiger partial charge in [-0.05, 0) is 66.4 Å². The number of aryl methyl sites for hydroxylation is 2. The third-order valence-electron chi connectivity index (χ3n) is 5.89. The zero-order valence-corrected chi connectivity index (χ0v) is 19.3. The van der Waals surface area contributed by atoms with Gasteiger partial charge in [0.2, 0.25) is 0 Å². The van der Waals surface area contributed by atoms with Crippen molar-refractivity contribution in [3.63, 3.8) is 0 Å². The van der Waals surface area contributed by atoms with Crippen LogP contribution in [-0.2, 0) is 7.05 Å². The van der Waals surface area contributed by atoms with Gasteiger partial charge in [0, 0.05) is 41.1 Å². The fourth-order valence-corrected chi connectivity index (χ4v) is 3.89. The Hall–Kier alpha value is -4.59. The SMILES string of the molecule is Cc1ccc(C(=O)Nc2ccc3ccn(C)c(=O)c3c2)cc1NC(=O)c1ccc2c(c1)OCCO2. The van der Waals surface area contributed by atoms with Gasteiger partial charge in [0.1, 0.15) is 13.2 Å². The van der Waals surface area contributed by atoms with Crippen molar-refractivity contribution in [3.8, 4) is 11.5 Å². The monoisotopic (exact) mass is 469 g/mol. The van der Waals surface area contributed by atoms with E-state index in [1.807, 2.05) is 13.0 Å². The number of hydrogen-bond donors (Lipinski definition) is 2. The number of nitrogens with zero attached hydrogens (tertiary/aromatic N) is 1. The molecule has 176 valence electrons. The quantitative estimate of drug-likeness (QED) is 0.469. The van der Waals surface area contributed by atoms with Crippen LogP contribution in [0.25, 0.3) is 10.8 Å². The number of benzene rings is 3. The molecule has 0 saturated heterocycles. The van der Waals surface area contributed by atoms with Crippen LogP contribution in [0, 0.1) is 6.92 Å². The first kappa shape index (κ1) is 22.2. The summed E-state index contributed by atoms with van der Waals surface area (Å²) in [5, 5.41) is 7.02. The van der Waals surface area contributed by atoms with Crippen LogP contribution in [0.1, 0.15) is 26.3 Å². The first-order valence-corrected chi connectivity index (χ1v) is 11.1. The van der Waals surface area contributed by atoms with Crippen molar-refractivity contribution in [2.24, 2.45) is 7.05 Å². The maximum atomic E-state index is 12.9. The van der Waals surface area contributed by atoms with Crippen LogP contribution >= 0.6 is 0 Å². The highest BCUT2D eigenvalue weighted by atomic mass is 16.6. The number of carbonyl (C=O) groups is 2. The van der Waals surface area contributed by atoms with Crippen LogP contribution in [0.15, 0.2) is 71.7 Å². The number of nitrogens with one attached hydrogen (secondary N) is 2. The summed E-state index contributed by atoms with van der Waals surface area (Å²) in [6.45, 7) is 2.75. The van der Waals surface area contributed by atoms with Crippen LogP contribution in [0.3, 0.4) is 0 Å². The molecule has 0 bridgehead atoms. The number of carbonyl (C=O) groups excluding carboxylic acids is 2. The normalized spacial score (nSPS) is 12.3. The maximum Gasteiger partial charge on any atom is 0.258 e. The molecule has 1 aliphatic heterocycles. The second-order valence-corrected chi connectivity index (χ2v) is 8.33. The summed E-state index contributed by atoms with van der Waals surface area (Å²) in [6.07, 6.45) is 1.70. The molecule has 5 rings (SSSR count). The lowest BCUT2D eigenvalue weighted by Crippen LogP contribution is -2.18. The number of anilines is 2. The molecule has 8 heteroatoms. The van der Waals surface area contributed by atoms with Crippen molar-refractivity contribution in [2.45, 2.75) is 6.92 Å². The molecular formula is C27H23N3O5. The Kier molecular flexibility index (Phi) is 5.70. The third kappa shape index (κ3) is 4.46. The fourth-order valence-electron chi connectivity index (χ4n) is 3.89. The number of amides is 2. The highest BCUT2D eigenvalue weighted by Crippen LogP contribution is 2.31.